The Bertz CT molecular complexity index is 721. The molecule has 0 radical (unpaired) electrons. The molecule has 25 heavy (non-hydrogen) atoms. The normalized spacial score (nSPS) is 22.2. The summed E-state index contributed by atoms with van der Waals surface area (Å²) in [6, 6.07) is 4.38. The number of nitrogens with zero attached hydrogens (tertiary/aromatic N) is 1. The van der Waals surface area contributed by atoms with E-state index in [9.17, 15) is 19.5 Å². The number of allylic oxidation sites excluding steroid dienone is 2. The van der Waals surface area contributed by atoms with Crippen molar-refractivity contribution in [2.24, 2.45) is 11.8 Å². The van der Waals surface area contributed by atoms with Gasteiger partial charge in [-0.2, -0.15) is 0 Å². The largest absolute Gasteiger partial charge is 0.506 e. The van der Waals surface area contributed by atoms with E-state index in [1.54, 1.807) is 0 Å². The molecular weight excluding hydrogens is 344 g/mol. The highest BCUT2D eigenvalue weighted by atomic mass is 35.5. The molecule has 2 atom stereocenters. The lowest BCUT2D eigenvalue weighted by Gasteiger charge is -2.14. The van der Waals surface area contributed by atoms with Gasteiger partial charge in [0.15, 0.2) is 0 Å². The highest BCUT2D eigenvalue weighted by Crippen LogP contribution is 2.35. The van der Waals surface area contributed by atoms with Gasteiger partial charge in [-0.25, -0.2) is 0 Å². The summed E-state index contributed by atoms with van der Waals surface area (Å²) in [7, 11) is 0. The molecule has 2 aliphatic rings. The number of rotatable bonds is 5. The summed E-state index contributed by atoms with van der Waals surface area (Å²) in [4.78, 5) is 37.9. The minimum absolute atomic E-state index is 0.0702. The molecular formula is C18H19ClN2O4. The quantitative estimate of drug-likeness (QED) is 0.479. The van der Waals surface area contributed by atoms with Crippen molar-refractivity contribution in [1.82, 2.24) is 4.90 Å². The second-order valence-electron chi connectivity index (χ2n) is 6.30. The molecule has 1 aliphatic heterocycles. The number of hydrogen-bond donors (Lipinski definition) is 2. The SMILES string of the molecule is O=C(CCCN1C(=O)[C@H]2CC=CC[C@H]2C1=O)Nc1cc(Cl)ccc1O. The highest BCUT2D eigenvalue weighted by Gasteiger charge is 2.46. The zero-order chi connectivity index (χ0) is 18.0. The van der Waals surface area contributed by atoms with Gasteiger partial charge in [-0.05, 0) is 37.5 Å². The monoisotopic (exact) mass is 362 g/mol. The van der Waals surface area contributed by atoms with Gasteiger partial charge in [0.25, 0.3) is 0 Å². The van der Waals surface area contributed by atoms with Crippen LogP contribution in [0.15, 0.2) is 30.4 Å². The first-order chi connectivity index (χ1) is 12.0. The van der Waals surface area contributed by atoms with Gasteiger partial charge < -0.3 is 10.4 Å². The Morgan fingerprint density at radius 3 is 2.48 bits per heavy atom. The number of phenols is 1. The van der Waals surface area contributed by atoms with Gasteiger partial charge in [0.2, 0.25) is 17.7 Å². The van der Waals surface area contributed by atoms with E-state index in [0.29, 0.717) is 24.3 Å². The number of anilines is 1. The first-order valence-corrected chi connectivity index (χ1v) is 8.63. The number of benzene rings is 1. The minimum atomic E-state index is -0.309. The lowest BCUT2D eigenvalue weighted by molar-refractivity contribution is -0.140. The smallest absolute Gasteiger partial charge is 0.233 e. The van der Waals surface area contributed by atoms with Crippen LogP contribution in [0.2, 0.25) is 5.02 Å². The summed E-state index contributed by atoms with van der Waals surface area (Å²) in [5.74, 6) is -1.13. The van der Waals surface area contributed by atoms with Crippen LogP contribution >= 0.6 is 11.6 Å². The van der Waals surface area contributed by atoms with Gasteiger partial charge in [0.05, 0.1) is 17.5 Å². The van der Waals surface area contributed by atoms with Crippen LogP contribution in [0.3, 0.4) is 0 Å². The number of carbonyl (C=O) groups excluding carboxylic acids is 3. The van der Waals surface area contributed by atoms with E-state index in [-0.39, 0.29) is 54.0 Å². The van der Waals surface area contributed by atoms with Crippen molar-refractivity contribution < 1.29 is 19.5 Å². The predicted octanol–water partition coefficient (Wildman–Crippen LogP) is 2.72. The van der Waals surface area contributed by atoms with Crippen LogP contribution in [0, 0.1) is 11.8 Å². The molecule has 1 fully saturated rings. The van der Waals surface area contributed by atoms with Crippen molar-refractivity contribution >= 4 is 35.0 Å². The Hall–Kier alpha value is -2.34. The third kappa shape index (κ3) is 3.69. The highest BCUT2D eigenvalue weighted by molar-refractivity contribution is 6.31. The lowest BCUT2D eigenvalue weighted by Crippen LogP contribution is -2.32. The molecule has 1 aromatic rings. The van der Waals surface area contributed by atoms with Gasteiger partial charge in [-0.15, -0.1) is 0 Å². The summed E-state index contributed by atoms with van der Waals surface area (Å²) < 4.78 is 0. The van der Waals surface area contributed by atoms with Crippen LogP contribution in [-0.2, 0) is 14.4 Å². The molecule has 1 saturated heterocycles. The van der Waals surface area contributed by atoms with Crippen molar-refractivity contribution in [3.63, 3.8) is 0 Å². The summed E-state index contributed by atoms with van der Waals surface area (Å²) in [6.45, 7) is 0.236. The molecule has 0 spiro atoms. The van der Waals surface area contributed by atoms with Crippen LogP contribution in [0.25, 0.3) is 0 Å². The predicted molar refractivity (Wildman–Crippen MR) is 93.1 cm³/mol. The summed E-state index contributed by atoms with van der Waals surface area (Å²) in [6.07, 6.45) is 5.62. The van der Waals surface area contributed by atoms with E-state index in [0.717, 1.165) is 0 Å². The Kier molecular flexibility index (Phi) is 5.08. The average molecular weight is 363 g/mol. The lowest BCUT2D eigenvalue weighted by atomic mass is 9.85. The van der Waals surface area contributed by atoms with E-state index in [4.69, 9.17) is 11.6 Å². The molecule has 0 aromatic heterocycles. The first kappa shape index (κ1) is 17.5. The van der Waals surface area contributed by atoms with Crippen LogP contribution in [0.1, 0.15) is 25.7 Å². The first-order valence-electron chi connectivity index (χ1n) is 8.26. The number of fused-ring (bicyclic) bond motifs is 1. The van der Waals surface area contributed by atoms with E-state index in [1.165, 1.54) is 23.1 Å². The van der Waals surface area contributed by atoms with Crippen LogP contribution in [-0.4, -0.2) is 34.3 Å². The molecule has 132 valence electrons. The van der Waals surface area contributed by atoms with Gasteiger partial charge >= 0.3 is 0 Å². The molecule has 6 nitrogen and oxygen atoms in total. The molecule has 0 saturated carbocycles. The number of halogens is 1. The molecule has 3 rings (SSSR count). The van der Waals surface area contributed by atoms with Crippen molar-refractivity contribution in [3.8, 4) is 5.75 Å². The zero-order valence-electron chi connectivity index (χ0n) is 13.6. The maximum absolute atomic E-state index is 12.3. The fourth-order valence-electron chi connectivity index (χ4n) is 3.31. The minimum Gasteiger partial charge on any atom is -0.506 e. The molecule has 0 unspecified atom stereocenters. The van der Waals surface area contributed by atoms with Crippen molar-refractivity contribution in [1.29, 1.82) is 0 Å². The van der Waals surface area contributed by atoms with Gasteiger partial charge in [0, 0.05) is 18.0 Å². The van der Waals surface area contributed by atoms with E-state index in [2.05, 4.69) is 5.32 Å². The Labute approximate surface area is 150 Å². The third-order valence-corrected chi connectivity index (χ3v) is 4.85. The van der Waals surface area contributed by atoms with Crippen molar-refractivity contribution in [3.05, 3.63) is 35.4 Å². The fourth-order valence-corrected chi connectivity index (χ4v) is 3.48. The van der Waals surface area contributed by atoms with Gasteiger partial charge in [0.1, 0.15) is 5.75 Å². The Morgan fingerprint density at radius 1 is 1.20 bits per heavy atom. The third-order valence-electron chi connectivity index (χ3n) is 4.62. The van der Waals surface area contributed by atoms with Crippen LogP contribution < -0.4 is 5.32 Å². The van der Waals surface area contributed by atoms with Crippen molar-refractivity contribution in [2.45, 2.75) is 25.7 Å². The number of amides is 3. The zero-order valence-corrected chi connectivity index (χ0v) is 14.3. The maximum Gasteiger partial charge on any atom is 0.233 e. The summed E-state index contributed by atoms with van der Waals surface area (Å²) >= 11 is 5.83. The number of hydrogen-bond acceptors (Lipinski definition) is 4. The number of phenolic OH excluding ortho intramolecular Hbond substituents is 1. The Balaban J connectivity index is 1.51. The average Bonchev–Trinajstić information content (AvgIpc) is 2.83. The number of nitrogens with one attached hydrogen (secondary N) is 1. The standard InChI is InChI=1S/C18H19ClN2O4/c19-11-7-8-15(22)14(10-11)20-16(23)6-3-9-21-17(24)12-4-1-2-5-13(12)18(21)25/h1-2,7-8,10,12-13,22H,3-6,9H2,(H,20,23)/t12-,13+. The van der Waals surface area contributed by atoms with E-state index in [1.807, 2.05) is 12.2 Å². The second-order valence-corrected chi connectivity index (χ2v) is 6.73. The topological polar surface area (TPSA) is 86.7 Å². The van der Waals surface area contributed by atoms with Gasteiger partial charge in [-0.1, -0.05) is 23.8 Å². The fraction of sp³-hybridized carbons (Fsp3) is 0.389. The van der Waals surface area contributed by atoms with Crippen LogP contribution in [0.5, 0.6) is 5.75 Å². The molecule has 3 amide bonds. The van der Waals surface area contributed by atoms with Gasteiger partial charge in [-0.3, -0.25) is 19.3 Å². The Morgan fingerprint density at radius 2 is 1.84 bits per heavy atom. The maximum atomic E-state index is 12.3. The molecule has 0 bridgehead atoms. The molecule has 1 heterocycles. The second kappa shape index (κ2) is 7.27. The van der Waals surface area contributed by atoms with Crippen molar-refractivity contribution in [2.75, 3.05) is 11.9 Å². The number of likely N-dealkylation sites (tertiary alicyclic amines) is 1. The molecule has 7 heteroatoms. The van der Waals surface area contributed by atoms with E-state index >= 15 is 0 Å². The molecule has 2 N–H and O–H groups in total. The number of imide groups is 1. The molecule has 1 aliphatic carbocycles. The van der Waals surface area contributed by atoms with Crippen LogP contribution in [0.4, 0.5) is 5.69 Å². The van der Waals surface area contributed by atoms with E-state index < -0.39 is 0 Å². The molecule has 1 aromatic carbocycles. The summed E-state index contributed by atoms with van der Waals surface area (Å²) in [5, 5.41) is 12.7. The number of carbonyl (C=O) groups is 3. The summed E-state index contributed by atoms with van der Waals surface area (Å²) in [5.41, 5.74) is 0.239. The number of aromatic hydroxyl groups is 1.